The highest BCUT2D eigenvalue weighted by molar-refractivity contribution is 6.07. The summed E-state index contributed by atoms with van der Waals surface area (Å²) in [5, 5.41) is 26.4. The molecule has 0 saturated heterocycles. The number of hydrogen-bond donors (Lipinski definition) is 3. The number of nitrogens with one attached hydrogen (secondary N) is 1. The van der Waals surface area contributed by atoms with Crippen LogP contribution in [0.2, 0.25) is 0 Å². The van der Waals surface area contributed by atoms with Crippen molar-refractivity contribution >= 4 is 11.6 Å². The molecule has 1 aromatic heterocycles. The van der Waals surface area contributed by atoms with Crippen LogP contribution in [0.5, 0.6) is 11.6 Å². The van der Waals surface area contributed by atoms with Crippen molar-refractivity contribution in [2.75, 3.05) is 5.32 Å². The largest absolute Gasteiger partial charge is 0.502 e. The quantitative estimate of drug-likeness (QED) is 0.644. The Morgan fingerprint density at radius 3 is 2.33 bits per heavy atom. The van der Waals surface area contributed by atoms with Gasteiger partial charge in [0.2, 0.25) is 17.6 Å². The van der Waals surface area contributed by atoms with E-state index in [1.807, 2.05) is 6.07 Å². The number of aromatic nitrogens is 2. The predicted octanol–water partition coefficient (Wildman–Crippen LogP) is 2.16. The molecule has 0 radical (unpaired) electrons. The van der Waals surface area contributed by atoms with Crippen molar-refractivity contribution in [1.82, 2.24) is 5.10 Å². The van der Waals surface area contributed by atoms with E-state index in [2.05, 4.69) is 10.4 Å². The second-order valence-corrected chi connectivity index (χ2v) is 4.95. The molecule has 0 aliphatic carbocycles. The minimum Gasteiger partial charge on any atom is -0.502 e. The molecule has 0 bridgehead atoms. The van der Waals surface area contributed by atoms with Crippen LogP contribution < -0.4 is 10.00 Å². The van der Waals surface area contributed by atoms with Crippen LogP contribution in [0, 0.1) is 5.82 Å². The molecule has 0 aliphatic rings. The lowest BCUT2D eigenvalue weighted by Gasteiger charge is -2.06. The zero-order chi connectivity index (χ0) is 17.1. The van der Waals surface area contributed by atoms with Crippen LogP contribution in [0.4, 0.5) is 10.1 Å². The first-order chi connectivity index (χ1) is 11.5. The molecule has 2 aromatic carbocycles. The van der Waals surface area contributed by atoms with Gasteiger partial charge in [-0.05, 0) is 28.9 Å². The highest BCUT2D eigenvalue weighted by atomic mass is 19.1. The van der Waals surface area contributed by atoms with Gasteiger partial charge in [0.25, 0.3) is 11.8 Å². The maximum Gasteiger partial charge on any atom is 0.293 e. The number of hydrogen-bond acceptors (Lipinski definition) is 4. The highest BCUT2D eigenvalue weighted by Crippen LogP contribution is 2.24. The molecule has 0 aliphatic heterocycles. The third-order valence-corrected chi connectivity index (χ3v) is 3.28. The zero-order valence-corrected chi connectivity index (χ0v) is 12.3. The van der Waals surface area contributed by atoms with Crippen LogP contribution in [0.25, 0.3) is 5.69 Å². The van der Waals surface area contributed by atoms with E-state index >= 15 is 0 Å². The summed E-state index contributed by atoms with van der Waals surface area (Å²) in [5.41, 5.74) is 0.556. The summed E-state index contributed by atoms with van der Waals surface area (Å²) < 4.78 is 14.1. The second kappa shape index (κ2) is 6.33. The van der Waals surface area contributed by atoms with Gasteiger partial charge < -0.3 is 15.5 Å². The van der Waals surface area contributed by atoms with Crippen LogP contribution in [0.3, 0.4) is 0 Å². The molecule has 7 heteroatoms. The Morgan fingerprint density at radius 2 is 1.71 bits per heavy atom. The highest BCUT2D eigenvalue weighted by Gasteiger charge is 2.24. The maximum atomic E-state index is 12.9. The fraction of sp³-hybridized carbons (Fsp3) is 0. The molecule has 3 N–H and O–H groups in total. The van der Waals surface area contributed by atoms with E-state index < -0.39 is 23.4 Å². The summed E-state index contributed by atoms with van der Waals surface area (Å²) in [6, 6.07) is 13.9. The maximum absolute atomic E-state index is 12.9. The summed E-state index contributed by atoms with van der Waals surface area (Å²) >= 11 is 0. The van der Waals surface area contributed by atoms with Gasteiger partial charge in [-0.25, -0.2) is 4.39 Å². The Hall–Kier alpha value is -3.48. The summed E-state index contributed by atoms with van der Waals surface area (Å²) in [6.07, 6.45) is 1.22. The first-order valence-corrected chi connectivity index (χ1v) is 7.02. The van der Waals surface area contributed by atoms with E-state index in [-0.39, 0.29) is 5.56 Å². The molecule has 1 heterocycles. The monoisotopic (exact) mass is 326 g/mol. The van der Waals surface area contributed by atoms with E-state index in [0.717, 1.165) is 0 Å². The van der Waals surface area contributed by atoms with E-state index in [1.165, 1.54) is 35.1 Å². The van der Waals surface area contributed by atoms with Crippen molar-refractivity contribution in [3.8, 4) is 17.3 Å². The van der Waals surface area contributed by atoms with Crippen LogP contribution in [-0.2, 0) is 0 Å². The summed E-state index contributed by atoms with van der Waals surface area (Å²) in [4.78, 5) is 12.2. The second-order valence-electron chi connectivity index (χ2n) is 4.95. The third-order valence-electron chi connectivity index (χ3n) is 3.28. The minimum atomic E-state index is -0.760. The smallest absolute Gasteiger partial charge is 0.293 e. The van der Waals surface area contributed by atoms with E-state index in [9.17, 15) is 19.4 Å². The van der Waals surface area contributed by atoms with Crippen LogP contribution in [0.1, 0.15) is 10.4 Å². The number of aromatic hydroxyl groups is 2. The first kappa shape index (κ1) is 15.4. The van der Waals surface area contributed by atoms with Gasteiger partial charge in [0.1, 0.15) is 5.82 Å². The van der Waals surface area contributed by atoms with E-state index in [4.69, 9.17) is 0 Å². The molecule has 3 aromatic rings. The zero-order valence-electron chi connectivity index (χ0n) is 12.3. The molecule has 120 valence electrons. The van der Waals surface area contributed by atoms with Gasteiger partial charge >= 0.3 is 0 Å². The minimum absolute atomic E-state index is 0.319. The normalized spacial score (nSPS) is 10.4. The lowest BCUT2D eigenvalue weighted by molar-refractivity contribution is -0.661. The fourth-order valence-corrected chi connectivity index (χ4v) is 2.13. The van der Waals surface area contributed by atoms with E-state index in [0.29, 0.717) is 11.4 Å². The molecule has 0 unspecified atom stereocenters. The van der Waals surface area contributed by atoms with E-state index in [1.54, 1.807) is 24.3 Å². The third kappa shape index (κ3) is 3.14. The topological polar surface area (TPSA) is 86.3 Å². The van der Waals surface area contributed by atoms with Crippen molar-refractivity contribution in [1.29, 1.82) is 0 Å². The molecule has 1 amide bonds. The summed E-state index contributed by atoms with van der Waals surface area (Å²) in [6.45, 7) is 0. The Bertz CT molecular complexity index is 860. The number of carbonyl (C=O) groups excluding carboxylic acids is 1. The number of carbonyl (C=O) groups is 1. The van der Waals surface area contributed by atoms with Gasteiger partial charge in [-0.15, -0.1) is 0 Å². The van der Waals surface area contributed by atoms with Crippen molar-refractivity contribution in [3.05, 3.63) is 72.2 Å². The summed E-state index contributed by atoms with van der Waals surface area (Å²) in [5.74, 6) is -2.27. The number of amides is 1. The molecular formula is C17H13FN3O3+. The van der Waals surface area contributed by atoms with Gasteiger partial charge in [0, 0.05) is 22.9 Å². The van der Waals surface area contributed by atoms with Crippen LogP contribution in [0.15, 0.2) is 60.8 Å². The molecular weight excluding hydrogens is 313 g/mol. The Kier molecular flexibility index (Phi) is 4.07. The number of benzene rings is 2. The predicted molar refractivity (Wildman–Crippen MR) is 83.5 cm³/mol. The number of nitrogens with zero attached hydrogens (tertiary/aromatic N) is 2. The number of anilines is 1. The van der Waals surface area contributed by atoms with Crippen molar-refractivity contribution in [2.45, 2.75) is 0 Å². The number of halogens is 1. The Morgan fingerprint density at radius 1 is 1.04 bits per heavy atom. The number of rotatable bonds is 3. The molecule has 24 heavy (non-hydrogen) atoms. The van der Waals surface area contributed by atoms with Gasteiger partial charge in [0.05, 0.1) is 0 Å². The van der Waals surface area contributed by atoms with Crippen LogP contribution in [-0.4, -0.2) is 21.2 Å². The molecule has 0 atom stereocenters. The van der Waals surface area contributed by atoms with Gasteiger partial charge in [0.15, 0.2) is 5.56 Å². The van der Waals surface area contributed by atoms with Gasteiger partial charge in [-0.1, -0.05) is 18.2 Å². The van der Waals surface area contributed by atoms with Crippen molar-refractivity contribution in [3.63, 3.8) is 0 Å². The molecule has 0 fully saturated rings. The Balaban J connectivity index is 1.91. The molecule has 3 rings (SSSR count). The molecule has 0 spiro atoms. The lowest BCUT2D eigenvalue weighted by atomic mass is 10.2. The average molecular weight is 326 g/mol. The summed E-state index contributed by atoms with van der Waals surface area (Å²) in [7, 11) is 0. The van der Waals surface area contributed by atoms with Crippen LogP contribution >= 0.6 is 0 Å². The number of para-hydroxylation sites is 1. The standard InChI is InChI=1S/C17H12FN3O3/c18-11-6-8-12(9-7-11)19-16(23)15-14(22)10-21(20-17(15)24)13-4-2-1-3-5-13/h1-10H,(H2-,19,20,22,23,24)/p+1. The molecule has 6 nitrogen and oxygen atoms in total. The lowest BCUT2D eigenvalue weighted by Crippen LogP contribution is -2.35. The van der Waals surface area contributed by atoms with Crippen molar-refractivity contribution in [2.24, 2.45) is 0 Å². The SMILES string of the molecule is O=C(Nc1ccc(F)cc1)c1c(O)c[n+](-c2ccccc2)nc1O. The molecule has 0 saturated carbocycles. The fourth-order valence-electron chi connectivity index (χ4n) is 2.13. The van der Waals surface area contributed by atoms with Gasteiger partial charge in [-0.3, -0.25) is 4.79 Å². The van der Waals surface area contributed by atoms with Gasteiger partial charge in [-0.2, -0.15) is 0 Å². The first-order valence-electron chi connectivity index (χ1n) is 7.02. The Labute approximate surface area is 136 Å². The average Bonchev–Trinajstić information content (AvgIpc) is 2.57. The van der Waals surface area contributed by atoms with Crippen molar-refractivity contribution < 1.29 is 24.1 Å².